The minimum Gasteiger partial charge on any atom is -0.497 e. The van der Waals surface area contributed by atoms with Gasteiger partial charge in [0.15, 0.2) is 5.11 Å². The van der Waals surface area contributed by atoms with Gasteiger partial charge in [-0.15, -0.1) is 6.58 Å². The van der Waals surface area contributed by atoms with Crippen LogP contribution in [0.5, 0.6) is 5.75 Å². The van der Waals surface area contributed by atoms with Crippen LogP contribution in [0, 0.1) is 11.8 Å². The maximum Gasteiger partial charge on any atom is 0.416 e. The minimum atomic E-state index is -4.97. The van der Waals surface area contributed by atoms with E-state index in [9.17, 15) is 26.3 Å². The molecule has 5 atom stereocenters. The fourth-order valence-electron chi connectivity index (χ4n) is 5.99. The summed E-state index contributed by atoms with van der Waals surface area (Å²) in [7, 11) is 1.55. The molecule has 3 aromatic rings. The van der Waals surface area contributed by atoms with Gasteiger partial charge in [-0.1, -0.05) is 6.08 Å². The standard InChI is InChI=1S/C29H28F6N4OS/c1-3-16-15-39-9-7-17(16)10-25(39)26(22-6-8-36-24-5-4-21(40-2)14-23(22)24)38-27(41)37-20-12-18(28(30,31)32)11-19(13-20)29(33,34)35/h3-6,8,11-14,16-17,25-26H,1,7,9-10,15H2,2H3,(H2,37,38,41)/t16?,17?,25-,26-/m0/s1. The first-order chi connectivity index (χ1) is 19.4. The van der Waals surface area contributed by atoms with Gasteiger partial charge < -0.3 is 15.4 Å². The van der Waals surface area contributed by atoms with Crippen molar-refractivity contribution in [3.8, 4) is 5.75 Å². The number of piperidine rings is 3. The van der Waals surface area contributed by atoms with Gasteiger partial charge in [-0.05, 0) is 91.5 Å². The number of benzene rings is 2. The van der Waals surface area contributed by atoms with E-state index < -0.39 is 35.2 Å². The molecule has 3 aliphatic heterocycles. The quantitative estimate of drug-likeness (QED) is 0.179. The molecule has 5 nitrogen and oxygen atoms in total. The summed E-state index contributed by atoms with van der Waals surface area (Å²) in [6, 6.07) is 8.15. The van der Waals surface area contributed by atoms with Gasteiger partial charge in [0.2, 0.25) is 0 Å². The maximum absolute atomic E-state index is 13.4. The number of methoxy groups -OCH3 is 1. The first-order valence-corrected chi connectivity index (χ1v) is 13.4. The van der Waals surface area contributed by atoms with Gasteiger partial charge in [-0.2, -0.15) is 26.3 Å². The third kappa shape index (κ3) is 6.13. The molecule has 2 aromatic carbocycles. The summed E-state index contributed by atoms with van der Waals surface area (Å²) < 4.78 is 86.0. The third-order valence-electron chi connectivity index (χ3n) is 7.99. The van der Waals surface area contributed by atoms with Crippen molar-refractivity contribution < 1.29 is 31.1 Å². The number of nitrogens with zero attached hydrogens (tertiary/aromatic N) is 2. The van der Waals surface area contributed by atoms with Crippen molar-refractivity contribution in [1.29, 1.82) is 0 Å². The molecule has 2 N–H and O–H groups in total. The molecule has 3 unspecified atom stereocenters. The summed E-state index contributed by atoms with van der Waals surface area (Å²) >= 11 is 5.50. The zero-order valence-corrected chi connectivity index (χ0v) is 22.8. The van der Waals surface area contributed by atoms with E-state index in [2.05, 4.69) is 27.1 Å². The smallest absolute Gasteiger partial charge is 0.416 e. The molecular weight excluding hydrogens is 566 g/mol. The number of halogens is 6. The first-order valence-electron chi connectivity index (χ1n) is 13.0. The van der Waals surface area contributed by atoms with Gasteiger partial charge in [0.05, 0.1) is 29.8 Å². The van der Waals surface area contributed by atoms with Crippen molar-refractivity contribution >= 4 is 33.9 Å². The summed E-state index contributed by atoms with van der Waals surface area (Å²) in [6.07, 6.45) is -4.48. The number of pyridine rings is 1. The molecule has 41 heavy (non-hydrogen) atoms. The van der Waals surface area contributed by atoms with Crippen LogP contribution in [-0.2, 0) is 12.4 Å². The number of aromatic nitrogens is 1. The van der Waals surface area contributed by atoms with Crippen LogP contribution in [0.25, 0.3) is 10.9 Å². The summed E-state index contributed by atoms with van der Waals surface area (Å²) in [6.45, 7) is 5.63. The van der Waals surface area contributed by atoms with Gasteiger partial charge in [0, 0.05) is 29.9 Å². The highest BCUT2D eigenvalue weighted by Gasteiger charge is 2.43. The summed E-state index contributed by atoms with van der Waals surface area (Å²) in [5.41, 5.74) is -1.71. The van der Waals surface area contributed by atoms with Crippen molar-refractivity contribution in [2.75, 3.05) is 25.5 Å². The molecule has 3 saturated heterocycles. The Balaban J connectivity index is 1.51. The number of hydrogen-bond acceptors (Lipinski definition) is 4. The van der Waals surface area contributed by atoms with Crippen LogP contribution in [0.4, 0.5) is 32.0 Å². The Hall–Kier alpha value is -3.38. The number of nitrogens with one attached hydrogen (secondary N) is 2. The Kier molecular flexibility index (Phi) is 7.90. The lowest BCUT2D eigenvalue weighted by atomic mass is 9.73. The van der Waals surface area contributed by atoms with Crippen LogP contribution in [0.1, 0.15) is 35.6 Å². The number of rotatable bonds is 6. The predicted molar refractivity (Wildman–Crippen MR) is 149 cm³/mol. The average molecular weight is 595 g/mol. The number of ether oxygens (including phenoxy) is 1. The molecule has 2 bridgehead atoms. The second kappa shape index (κ2) is 11.1. The third-order valence-corrected chi connectivity index (χ3v) is 8.21. The lowest BCUT2D eigenvalue weighted by molar-refractivity contribution is -0.143. The Bertz CT molecular complexity index is 1430. The Labute approximate surface area is 238 Å². The van der Waals surface area contributed by atoms with Crippen molar-refractivity contribution in [1.82, 2.24) is 15.2 Å². The molecule has 218 valence electrons. The van der Waals surface area contributed by atoms with E-state index in [0.717, 1.165) is 36.9 Å². The monoisotopic (exact) mass is 594 g/mol. The summed E-state index contributed by atoms with van der Waals surface area (Å²) in [5.74, 6) is 1.35. The van der Waals surface area contributed by atoms with E-state index in [-0.39, 0.29) is 17.2 Å². The number of fused-ring (bicyclic) bond motifs is 4. The topological polar surface area (TPSA) is 49.4 Å². The lowest BCUT2D eigenvalue weighted by Crippen LogP contribution is -2.57. The van der Waals surface area contributed by atoms with Crippen molar-refractivity contribution in [2.45, 2.75) is 37.3 Å². The van der Waals surface area contributed by atoms with Crippen LogP contribution in [0.3, 0.4) is 0 Å². The van der Waals surface area contributed by atoms with Gasteiger partial charge in [0.1, 0.15) is 5.75 Å². The average Bonchev–Trinajstić information content (AvgIpc) is 2.94. The second-order valence-electron chi connectivity index (χ2n) is 10.4. The van der Waals surface area contributed by atoms with Crippen molar-refractivity contribution in [3.63, 3.8) is 0 Å². The predicted octanol–water partition coefficient (Wildman–Crippen LogP) is 7.21. The van der Waals surface area contributed by atoms with E-state index in [1.165, 1.54) is 0 Å². The number of alkyl halides is 6. The normalized spacial score (nSPS) is 23.2. The molecular formula is C29H28F6N4OS. The van der Waals surface area contributed by atoms with Gasteiger partial charge in [-0.3, -0.25) is 9.88 Å². The SMILES string of the molecule is C=CC1CN2CCC1C[C@H]2[C@@H](NC(=S)Nc1cc(C(F)(F)F)cc(C(F)(F)F)c1)c1ccnc2ccc(OC)cc12. The minimum absolute atomic E-state index is 0.0475. The van der Waals surface area contributed by atoms with E-state index in [1.54, 1.807) is 19.4 Å². The fourth-order valence-corrected chi connectivity index (χ4v) is 6.23. The van der Waals surface area contributed by atoms with Crippen LogP contribution in [-0.4, -0.2) is 41.2 Å². The zero-order chi connectivity index (χ0) is 29.5. The Morgan fingerprint density at radius 2 is 1.80 bits per heavy atom. The molecule has 0 saturated carbocycles. The summed E-state index contributed by atoms with van der Waals surface area (Å²) in [4.78, 5) is 6.80. The van der Waals surface area contributed by atoms with Crippen molar-refractivity contribution in [2.24, 2.45) is 11.8 Å². The van der Waals surface area contributed by atoms with Crippen LogP contribution in [0.15, 0.2) is 61.3 Å². The van der Waals surface area contributed by atoms with E-state index in [1.807, 2.05) is 24.3 Å². The van der Waals surface area contributed by atoms with E-state index >= 15 is 0 Å². The highest BCUT2D eigenvalue weighted by atomic mass is 32.1. The van der Waals surface area contributed by atoms with Gasteiger partial charge in [0.25, 0.3) is 0 Å². The Morgan fingerprint density at radius 3 is 2.39 bits per heavy atom. The van der Waals surface area contributed by atoms with Crippen LogP contribution >= 0.6 is 12.2 Å². The fraction of sp³-hybridized carbons (Fsp3) is 0.379. The zero-order valence-electron chi connectivity index (χ0n) is 22.0. The maximum atomic E-state index is 13.4. The molecule has 3 fully saturated rings. The number of anilines is 1. The second-order valence-corrected chi connectivity index (χ2v) is 10.8. The van der Waals surface area contributed by atoms with Gasteiger partial charge in [-0.25, -0.2) is 0 Å². The highest BCUT2D eigenvalue weighted by Crippen LogP contribution is 2.43. The molecule has 0 amide bonds. The van der Waals surface area contributed by atoms with E-state index in [4.69, 9.17) is 17.0 Å². The molecule has 4 heterocycles. The van der Waals surface area contributed by atoms with Crippen LogP contribution < -0.4 is 15.4 Å². The van der Waals surface area contributed by atoms with E-state index in [0.29, 0.717) is 35.2 Å². The summed E-state index contributed by atoms with van der Waals surface area (Å²) in [5, 5.41) is 6.52. The lowest BCUT2D eigenvalue weighted by Gasteiger charge is -2.52. The first kappa shape index (κ1) is 29.1. The molecule has 12 heteroatoms. The molecule has 0 aliphatic carbocycles. The molecule has 0 radical (unpaired) electrons. The van der Waals surface area contributed by atoms with Crippen LogP contribution in [0.2, 0.25) is 0 Å². The van der Waals surface area contributed by atoms with Crippen molar-refractivity contribution in [3.05, 3.63) is 78.0 Å². The number of thiocarbonyl (C=S) groups is 1. The largest absolute Gasteiger partial charge is 0.497 e. The molecule has 0 spiro atoms. The number of hydrogen-bond donors (Lipinski definition) is 2. The molecule has 3 aliphatic rings. The molecule has 6 rings (SSSR count). The Morgan fingerprint density at radius 1 is 1.10 bits per heavy atom. The highest BCUT2D eigenvalue weighted by molar-refractivity contribution is 7.80. The van der Waals surface area contributed by atoms with Gasteiger partial charge >= 0.3 is 12.4 Å². The molecule has 1 aromatic heterocycles.